The van der Waals surface area contributed by atoms with Crippen molar-refractivity contribution < 1.29 is 0 Å². The summed E-state index contributed by atoms with van der Waals surface area (Å²) in [6.07, 6.45) is 8.49. The Kier molecular flexibility index (Phi) is 4.56. The van der Waals surface area contributed by atoms with Crippen LogP contribution in [0, 0.1) is 17.2 Å². The highest BCUT2D eigenvalue weighted by Gasteiger charge is 2.27. The maximum atomic E-state index is 7.88. The minimum Gasteiger partial charge on any atom is -0.351 e. The standard InChI is InChI=1S/C13H24N2S/c1-2-11(12-6-4-3-5-7-12)10-15-8-9-16-13(15)14/h11-12,14H,2-10H2,1H3. The molecule has 1 saturated heterocycles. The molecule has 2 aliphatic rings. The molecule has 92 valence electrons. The lowest BCUT2D eigenvalue weighted by Crippen LogP contribution is -2.33. The van der Waals surface area contributed by atoms with Gasteiger partial charge in [0.2, 0.25) is 0 Å². The fourth-order valence-corrected chi connectivity index (χ4v) is 3.97. The summed E-state index contributed by atoms with van der Waals surface area (Å²) in [7, 11) is 0. The molecule has 3 heteroatoms. The fraction of sp³-hybridized carbons (Fsp3) is 0.923. The van der Waals surface area contributed by atoms with Gasteiger partial charge in [-0.2, -0.15) is 0 Å². The molecule has 1 heterocycles. The van der Waals surface area contributed by atoms with E-state index in [0.717, 1.165) is 35.8 Å². The molecule has 1 unspecified atom stereocenters. The Morgan fingerprint density at radius 3 is 2.69 bits per heavy atom. The van der Waals surface area contributed by atoms with Crippen LogP contribution < -0.4 is 0 Å². The van der Waals surface area contributed by atoms with Crippen molar-refractivity contribution in [1.82, 2.24) is 4.90 Å². The molecule has 1 aliphatic carbocycles. The molecule has 1 saturated carbocycles. The molecule has 0 radical (unpaired) electrons. The summed E-state index contributed by atoms with van der Waals surface area (Å²) in [5, 5.41) is 8.69. The highest BCUT2D eigenvalue weighted by atomic mass is 32.2. The molecule has 0 amide bonds. The van der Waals surface area contributed by atoms with E-state index in [2.05, 4.69) is 11.8 Å². The van der Waals surface area contributed by atoms with Gasteiger partial charge in [-0.05, 0) is 11.8 Å². The van der Waals surface area contributed by atoms with Crippen LogP contribution in [0.1, 0.15) is 45.4 Å². The van der Waals surface area contributed by atoms with Crippen LogP contribution in [-0.2, 0) is 0 Å². The van der Waals surface area contributed by atoms with Crippen LogP contribution in [-0.4, -0.2) is 28.9 Å². The number of nitrogens with one attached hydrogen (secondary N) is 1. The second-order valence-electron chi connectivity index (χ2n) is 5.17. The van der Waals surface area contributed by atoms with Gasteiger partial charge in [0.05, 0.1) is 0 Å². The Morgan fingerprint density at radius 1 is 1.38 bits per heavy atom. The summed E-state index contributed by atoms with van der Waals surface area (Å²) < 4.78 is 0. The molecular weight excluding hydrogens is 216 g/mol. The third-order valence-corrected chi connectivity index (χ3v) is 5.10. The van der Waals surface area contributed by atoms with Crippen LogP contribution in [0.5, 0.6) is 0 Å². The third kappa shape index (κ3) is 2.93. The molecule has 0 aromatic carbocycles. The average molecular weight is 240 g/mol. The van der Waals surface area contributed by atoms with Crippen LogP contribution in [0.3, 0.4) is 0 Å². The molecule has 0 bridgehead atoms. The van der Waals surface area contributed by atoms with E-state index in [1.807, 2.05) is 0 Å². The summed E-state index contributed by atoms with van der Waals surface area (Å²) in [6, 6.07) is 0. The Hall–Kier alpha value is -0.180. The zero-order chi connectivity index (χ0) is 11.4. The largest absolute Gasteiger partial charge is 0.351 e. The first-order chi connectivity index (χ1) is 7.81. The van der Waals surface area contributed by atoms with E-state index in [-0.39, 0.29) is 0 Å². The number of thioether (sulfide) groups is 1. The molecule has 0 aromatic heterocycles. The number of rotatable bonds is 4. The molecule has 1 aliphatic heterocycles. The third-order valence-electron chi connectivity index (χ3n) is 4.18. The molecule has 1 atom stereocenters. The van der Waals surface area contributed by atoms with Crippen molar-refractivity contribution in [1.29, 1.82) is 5.41 Å². The van der Waals surface area contributed by atoms with E-state index in [0.29, 0.717) is 0 Å². The summed E-state index contributed by atoms with van der Waals surface area (Å²) in [6.45, 7) is 4.58. The van der Waals surface area contributed by atoms with Gasteiger partial charge < -0.3 is 4.90 Å². The van der Waals surface area contributed by atoms with Gasteiger partial charge in [-0.25, -0.2) is 0 Å². The van der Waals surface area contributed by atoms with E-state index in [1.54, 1.807) is 11.8 Å². The molecule has 1 N–H and O–H groups in total. The van der Waals surface area contributed by atoms with Crippen LogP contribution >= 0.6 is 11.8 Å². The Balaban J connectivity index is 1.86. The predicted octanol–water partition coefficient (Wildman–Crippen LogP) is 3.58. The fourth-order valence-electron chi connectivity index (χ4n) is 3.12. The zero-order valence-electron chi connectivity index (χ0n) is 10.4. The Morgan fingerprint density at radius 2 is 2.12 bits per heavy atom. The molecule has 0 aromatic rings. The SMILES string of the molecule is CCC(CN1CCSC1=N)C1CCCCC1. The monoisotopic (exact) mass is 240 g/mol. The lowest BCUT2D eigenvalue weighted by atomic mass is 9.78. The molecule has 2 nitrogen and oxygen atoms in total. The van der Waals surface area contributed by atoms with Crippen molar-refractivity contribution >= 4 is 16.9 Å². The van der Waals surface area contributed by atoms with Gasteiger partial charge in [0, 0.05) is 18.8 Å². The summed E-state index contributed by atoms with van der Waals surface area (Å²) in [5.74, 6) is 2.90. The van der Waals surface area contributed by atoms with E-state index >= 15 is 0 Å². The van der Waals surface area contributed by atoms with E-state index in [9.17, 15) is 0 Å². The first-order valence-electron chi connectivity index (χ1n) is 6.77. The zero-order valence-corrected chi connectivity index (χ0v) is 11.2. The van der Waals surface area contributed by atoms with Crippen molar-refractivity contribution in [2.24, 2.45) is 11.8 Å². The van der Waals surface area contributed by atoms with Gasteiger partial charge in [-0.3, -0.25) is 5.41 Å². The van der Waals surface area contributed by atoms with Gasteiger partial charge in [0.1, 0.15) is 0 Å². The summed E-state index contributed by atoms with van der Waals surface area (Å²) in [4.78, 5) is 2.30. The summed E-state index contributed by atoms with van der Waals surface area (Å²) >= 11 is 1.71. The van der Waals surface area contributed by atoms with Crippen LogP contribution in [0.2, 0.25) is 0 Å². The first-order valence-corrected chi connectivity index (χ1v) is 7.76. The first kappa shape index (κ1) is 12.3. The van der Waals surface area contributed by atoms with E-state index in [1.165, 1.54) is 38.5 Å². The second-order valence-corrected chi connectivity index (χ2v) is 6.25. The normalized spacial score (nSPS) is 25.1. The van der Waals surface area contributed by atoms with Gasteiger partial charge in [-0.1, -0.05) is 57.2 Å². The molecular formula is C13H24N2S. The van der Waals surface area contributed by atoms with E-state index < -0.39 is 0 Å². The van der Waals surface area contributed by atoms with Crippen LogP contribution in [0.25, 0.3) is 0 Å². The van der Waals surface area contributed by atoms with Gasteiger partial charge in [0.15, 0.2) is 5.17 Å². The minimum absolute atomic E-state index is 0.814. The van der Waals surface area contributed by atoms with E-state index in [4.69, 9.17) is 5.41 Å². The number of nitrogens with zero attached hydrogens (tertiary/aromatic N) is 1. The highest BCUT2D eigenvalue weighted by Crippen LogP contribution is 2.33. The number of hydrogen-bond donors (Lipinski definition) is 1. The Bertz CT molecular complexity index is 236. The maximum Gasteiger partial charge on any atom is 0.156 e. The average Bonchev–Trinajstić information content (AvgIpc) is 2.73. The molecule has 2 rings (SSSR count). The highest BCUT2D eigenvalue weighted by molar-refractivity contribution is 8.14. The van der Waals surface area contributed by atoms with Crippen molar-refractivity contribution in [3.8, 4) is 0 Å². The maximum absolute atomic E-state index is 7.88. The van der Waals surface area contributed by atoms with Gasteiger partial charge >= 0.3 is 0 Å². The minimum atomic E-state index is 0.814. The van der Waals surface area contributed by atoms with Crippen molar-refractivity contribution in [3.63, 3.8) is 0 Å². The molecule has 0 spiro atoms. The lowest BCUT2D eigenvalue weighted by Gasteiger charge is -2.32. The van der Waals surface area contributed by atoms with Crippen molar-refractivity contribution in [2.45, 2.75) is 45.4 Å². The van der Waals surface area contributed by atoms with Crippen LogP contribution in [0.4, 0.5) is 0 Å². The van der Waals surface area contributed by atoms with Gasteiger partial charge in [0.25, 0.3) is 0 Å². The predicted molar refractivity (Wildman–Crippen MR) is 72.1 cm³/mol. The molecule has 2 fully saturated rings. The van der Waals surface area contributed by atoms with Crippen molar-refractivity contribution in [3.05, 3.63) is 0 Å². The van der Waals surface area contributed by atoms with Crippen LogP contribution in [0.15, 0.2) is 0 Å². The summed E-state index contributed by atoms with van der Waals surface area (Å²) in [5.41, 5.74) is 0. The van der Waals surface area contributed by atoms with Crippen molar-refractivity contribution in [2.75, 3.05) is 18.8 Å². The number of hydrogen-bond acceptors (Lipinski definition) is 2. The lowest BCUT2D eigenvalue weighted by molar-refractivity contribution is 0.205. The second kappa shape index (κ2) is 5.95. The smallest absolute Gasteiger partial charge is 0.156 e. The number of amidine groups is 1. The topological polar surface area (TPSA) is 27.1 Å². The quantitative estimate of drug-likeness (QED) is 0.813. The van der Waals surface area contributed by atoms with Gasteiger partial charge in [-0.15, -0.1) is 0 Å². The Labute approximate surface area is 104 Å². The molecule has 16 heavy (non-hydrogen) atoms.